The summed E-state index contributed by atoms with van der Waals surface area (Å²) in [6.07, 6.45) is 5.58. The molecule has 19 heavy (non-hydrogen) atoms. The van der Waals surface area contributed by atoms with E-state index in [0.717, 1.165) is 36.1 Å². The zero-order valence-electron chi connectivity index (χ0n) is 10.8. The number of imidazole rings is 1. The van der Waals surface area contributed by atoms with E-state index in [2.05, 4.69) is 4.57 Å². The third-order valence-electron chi connectivity index (χ3n) is 4.43. The Morgan fingerprint density at radius 1 is 1.21 bits per heavy atom. The lowest BCUT2D eigenvalue weighted by Crippen LogP contribution is -2.15. The highest BCUT2D eigenvalue weighted by molar-refractivity contribution is 5.76. The van der Waals surface area contributed by atoms with Crippen LogP contribution in [0, 0.1) is 5.82 Å². The first kappa shape index (κ1) is 11.4. The summed E-state index contributed by atoms with van der Waals surface area (Å²) < 4.78 is 15.8. The minimum Gasteiger partial charge on any atom is -0.328 e. The lowest BCUT2D eigenvalue weighted by atomic mass is 10.1. The van der Waals surface area contributed by atoms with Crippen LogP contribution < -0.4 is 5.73 Å². The van der Waals surface area contributed by atoms with Crippen molar-refractivity contribution < 1.29 is 4.39 Å². The third-order valence-corrected chi connectivity index (χ3v) is 4.43. The van der Waals surface area contributed by atoms with Crippen molar-refractivity contribution >= 4 is 11.0 Å². The van der Waals surface area contributed by atoms with Crippen molar-refractivity contribution in [2.75, 3.05) is 0 Å². The van der Waals surface area contributed by atoms with Gasteiger partial charge in [-0.3, -0.25) is 0 Å². The Labute approximate surface area is 111 Å². The molecule has 2 aliphatic carbocycles. The number of hydrogen-bond acceptors (Lipinski definition) is 2. The molecule has 0 aliphatic heterocycles. The molecular weight excluding hydrogens is 241 g/mol. The highest BCUT2D eigenvalue weighted by Gasteiger charge is 2.33. The Morgan fingerprint density at radius 2 is 2.05 bits per heavy atom. The monoisotopic (exact) mass is 259 g/mol. The number of rotatable bonds is 2. The predicted molar refractivity (Wildman–Crippen MR) is 72.5 cm³/mol. The van der Waals surface area contributed by atoms with Crippen LogP contribution in [0.5, 0.6) is 0 Å². The Morgan fingerprint density at radius 3 is 2.74 bits per heavy atom. The minimum absolute atomic E-state index is 0.177. The van der Waals surface area contributed by atoms with Gasteiger partial charge in [-0.15, -0.1) is 0 Å². The van der Waals surface area contributed by atoms with Crippen molar-refractivity contribution in [2.24, 2.45) is 5.73 Å². The van der Waals surface area contributed by atoms with Gasteiger partial charge in [-0.25, -0.2) is 9.37 Å². The molecule has 100 valence electrons. The van der Waals surface area contributed by atoms with E-state index in [4.69, 9.17) is 10.7 Å². The van der Waals surface area contributed by atoms with E-state index >= 15 is 0 Å². The van der Waals surface area contributed by atoms with Crippen LogP contribution in [0.1, 0.15) is 49.9 Å². The normalized spacial score (nSPS) is 27.3. The summed E-state index contributed by atoms with van der Waals surface area (Å²) in [6, 6.07) is 5.74. The van der Waals surface area contributed by atoms with Crippen LogP contribution in [0.2, 0.25) is 0 Å². The number of fused-ring (bicyclic) bond motifs is 1. The molecule has 2 unspecified atom stereocenters. The van der Waals surface area contributed by atoms with Crippen molar-refractivity contribution in [3.05, 3.63) is 29.8 Å². The van der Waals surface area contributed by atoms with Crippen molar-refractivity contribution in [2.45, 2.75) is 50.1 Å². The molecule has 3 nitrogen and oxygen atoms in total. The summed E-state index contributed by atoms with van der Waals surface area (Å²) in [4.78, 5) is 4.77. The Kier molecular flexibility index (Phi) is 2.42. The fraction of sp³-hybridized carbons (Fsp3) is 0.533. The summed E-state index contributed by atoms with van der Waals surface area (Å²) in [5.74, 6) is 1.41. The van der Waals surface area contributed by atoms with E-state index in [9.17, 15) is 4.39 Å². The first-order valence-corrected chi connectivity index (χ1v) is 7.15. The molecule has 2 atom stereocenters. The number of nitrogens with two attached hydrogens (primary N) is 1. The van der Waals surface area contributed by atoms with E-state index in [0.29, 0.717) is 18.0 Å². The van der Waals surface area contributed by atoms with Crippen LogP contribution in [0.4, 0.5) is 4.39 Å². The van der Waals surface area contributed by atoms with Gasteiger partial charge in [-0.1, -0.05) is 0 Å². The first-order chi connectivity index (χ1) is 9.22. The maximum Gasteiger partial charge on any atom is 0.125 e. The van der Waals surface area contributed by atoms with Gasteiger partial charge < -0.3 is 10.3 Å². The molecule has 0 amide bonds. The second-order valence-electron chi connectivity index (χ2n) is 5.97. The minimum atomic E-state index is -0.177. The Balaban J connectivity index is 1.87. The lowest BCUT2D eigenvalue weighted by molar-refractivity contribution is 0.590. The van der Waals surface area contributed by atoms with Gasteiger partial charge in [0, 0.05) is 18.0 Å². The fourth-order valence-corrected chi connectivity index (χ4v) is 3.34. The van der Waals surface area contributed by atoms with Crippen LogP contribution in [0.15, 0.2) is 18.2 Å². The van der Waals surface area contributed by atoms with Gasteiger partial charge in [-0.05, 0) is 50.3 Å². The SMILES string of the molecule is NC1CCC(c2nc3ccc(F)cc3n2C2CC2)C1. The van der Waals surface area contributed by atoms with Gasteiger partial charge in [0.2, 0.25) is 0 Å². The van der Waals surface area contributed by atoms with E-state index in [1.807, 2.05) is 0 Å². The molecule has 0 saturated heterocycles. The van der Waals surface area contributed by atoms with Gasteiger partial charge in [-0.2, -0.15) is 0 Å². The quantitative estimate of drug-likeness (QED) is 0.900. The molecule has 2 fully saturated rings. The Hall–Kier alpha value is -1.42. The van der Waals surface area contributed by atoms with E-state index in [1.165, 1.54) is 18.9 Å². The molecule has 0 bridgehead atoms. The van der Waals surface area contributed by atoms with Crippen LogP contribution in [-0.4, -0.2) is 15.6 Å². The highest BCUT2D eigenvalue weighted by atomic mass is 19.1. The molecule has 0 radical (unpaired) electrons. The van der Waals surface area contributed by atoms with Crippen molar-refractivity contribution in [3.8, 4) is 0 Å². The van der Waals surface area contributed by atoms with Crippen molar-refractivity contribution in [3.63, 3.8) is 0 Å². The van der Waals surface area contributed by atoms with Crippen molar-refractivity contribution in [1.82, 2.24) is 9.55 Å². The van der Waals surface area contributed by atoms with Gasteiger partial charge in [0.25, 0.3) is 0 Å². The summed E-state index contributed by atoms with van der Waals surface area (Å²) in [5.41, 5.74) is 7.90. The Bertz CT molecular complexity index is 630. The number of hydrogen-bond donors (Lipinski definition) is 1. The van der Waals surface area contributed by atoms with Gasteiger partial charge in [0.05, 0.1) is 11.0 Å². The van der Waals surface area contributed by atoms with Crippen LogP contribution >= 0.6 is 0 Å². The molecule has 0 spiro atoms. The van der Waals surface area contributed by atoms with Gasteiger partial charge in [0.15, 0.2) is 0 Å². The van der Waals surface area contributed by atoms with Crippen LogP contribution in [0.3, 0.4) is 0 Å². The summed E-state index contributed by atoms with van der Waals surface area (Å²) in [6.45, 7) is 0. The smallest absolute Gasteiger partial charge is 0.125 e. The molecule has 2 N–H and O–H groups in total. The van der Waals surface area contributed by atoms with Crippen LogP contribution in [-0.2, 0) is 0 Å². The highest BCUT2D eigenvalue weighted by Crippen LogP contribution is 2.43. The molecule has 2 aromatic rings. The second kappa shape index (κ2) is 4.04. The van der Waals surface area contributed by atoms with Crippen LogP contribution in [0.25, 0.3) is 11.0 Å². The molecule has 2 aliphatic rings. The average molecular weight is 259 g/mol. The van der Waals surface area contributed by atoms with E-state index in [-0.39, 0.29) is 5.82 Å². The number of nitrogens with zero attached hydrogens (tertiary/aromatic N) is 2. The van der Waals surface area contributed by atoms with E-state index < -0.39 is 0 Å². The third kappa shape index (κ3) is 1.86. The molecule has 1 aromatic carbocycles. The molecule has 1 heterocycles. The lowest BCUT2D eigenvalue weighted by Gasteiger charge is -2.13. The topological polar surface area (TPSA) is 43.8 Å². The molecular formula is C15H18FN3. The molecule has 2 saturated carbocycles. The zero-order chi connectivity index (χ0) is 13.0. The summed E-state index contributed by atoms with van der Waals surface area (Å²) in [7, 11) is 0. The van der Waals surface area contributed by atoms with Gasteiger partial charge in [0.1, 0.15) is 11.6 Å². The zero-order valence-corrected chi connectivity index (χ0v) is 10.8. The maximum absolute atomic E-state index is 13.5. The van der Waals surface area contributed by atoms with Crippen molar-refractivity contribution in [1.29, 1.82) is 0 Å². The summed E-state index contributed by atoms with van der Waals surface area (Å²) in [5, 5.41) is 0. The van der Waals surface area contributed by atoms with E-state index in [1.54, 1.807) is 12.1 Å². The largest absolute Gasteiger partial charge is 0.328 e. The molecule has 1 aromatic heterocycles. The number of benzene rings is 1. The molecule has 4 rings (SSSR count). The molecule has 4 heteroatoms. The number of aromatic nitrogens is 2. The first-order valence-electron chi connectivity index (χ1n) is 7.15. The summed E-state index contributed by atoms with van der Waals surface area (Å²) >= 11 is 0. The standard InChI is InChI=1S/C15H18FN3/c16-10-2-6-13-14(8-10)19(12-4-5-12)15(18-13)9-1-3-11(17)7-9/h2,6,8-9,11-12H,1,3-5,7,17H2. The van der Waals surface area contributed by atoms with Gasteiger partial charge >= 0.3 is 0 Å². The number of halogens is 1. The fourth-order valence-electron chi connectivity index (χ4n) is 3.34. The maximum atomic E-state index is 13.5. The second-order valence-corrected chi connectivity index (χ2v) is 5.97. The predicted octanol–water partition coefficient (Wildman–Crippen LogP) is 3.11. The average Bonchev–Trinajstić information content (AvgIpc) is 3.02.